The molecule has 10 rings (SSSR count). The van der Waals surface area contributed by atoms with Crippen LogP contribution >= 0.6 is 0 Å². The molecule has 0 saturated carbocycles. The number of ether oxygens (including phenoxy) is 1. The average Bonchev–Trinajstić information content (AvgIpc) is 4.16. The van der Waals surface area contributed by atoms with Gasteiger partial charge in [-0.05, 0) is 90.3 Å². The van der Waals surface area contributed by atoms with E-state index >= 15 is 0 Å². The molecule has 3 N–H and O–H groups in total. The Kier molecular flexibility index (Phi) is 15.8. The minimum atomic E-state index is -3.84. The van der Waals surface area contributed by atoms with Crippen molar-refractivity contribution in [1.82, 2.24) is 60.0 Å². The lowest BCUT2D eigenvalue weighted by atomic mass is 9.91. The van der Waals surface area contributed by atoms with Crippen molar-refractivity contribution in [3.05, 3.63) is 107 Å². The summed E-state index contributed by atoms with van der Waals surface area (Å²) in [4.78, 5) is 64.4. The van der Waals surface area contributed by atoms with Crippen molar-refractivity contribution in [1.29, 1.82) is 0 Å². The van der Waals surface area contributed by atoms with Crippen LogP contribution in [0.2, 0.25) is 0 Å². The first-order chi connectivity index (χ1) is 37.6. The fourth-order valence-corrected chi connectivity index (χ4v) is 12.4. The number of nitrogens with one attached hydrogen (secondary N) is 3. The quantitative estimate of drug-likeness (QED) is 0.115. The minimum Gasteiger partial charge on any atom is -0.491 e. The summed E-state index contributed by atoms with van der Waals surface area (Å²) in [5, 5.41) is 14.7. The van der Waals surface area contributed by atoms with Crippen molar-refractivity contribution in [2.45, 2.75) is 102 Å². The number of halogens is 1. The molecule has 0 bridgehead atoms. The molecular formula is C57H74FN15O5S. The Balaban J connectivity index is 0.707. The number of H-pyrrole nitrogens is 1. The van der Waals surface area contributed by atoms with Gasteiger partial charge in [-0.15, -0.1) is 0 Å². The standard InChI is InChI=1S/C57H74FN15O5S/c1-36-30-72(33-50(74)73-34-57(8,9)51-47(73)23-41(26-60-51)22-40-10-12-43(58)13-11-40)44(29-59-36)32-70-18-19-71(31-37(70)2)54(75)42-27-61-55(62-28-42)69-16-14-68(15-17-69)20-21-78-48-25-46-45(24-49(48)79(76,77)56(5,6)7)53(64-35-63-46)65-52-38(3)39(4)66-67-52/h10-13,23-28,35-37,44,59H,14-22,29-34H2,1-9H3,(H2,63,64,65,66,67)/t36-,37-,44-/m1/s1. The number of nitrogens with zero attached hydrogens (tertiary/aromatic N) is 12. The van der Waals surface area contributed by atoms with Crippen molar-refractivity contribution >= 4 is 55.8 Å². The Bertz CT molecular complexity index is 3310. The van der Waals surface area contributed by atoms with Crippen LogP contribution in [0, 0.1) is 19.7 Å². The fourth-order valence-electron chi connectivity index (χ4n) is 11.1. The van der Waals surface area contributed by atoms with Crippen LogP contribution in [0.1, 0.15) is 86.9 Å². The van der Waals surface area contributed by atoms with Crippen molar-refractivity contribution in [2.75, 3.05) is 107 Å². The number of aromatic amines is 1. The largest absolute Gasteiger partial charge is 0.491 e. The number of anilines is 4. The number of sulfone groups is 1. The first-order valence-corrected chi connectivity index (χ1v) is 28.9. The second kappa shape index (κ2) is 22.4. The molecule has 2 aromatic carbocycles. The highest BCUT2D eigenvalue weighted by molar-refractivity contribution is 7.92. The number of rotatable bonds is 15. The normalized spacial score (nSPS) is 20.4. The molecule has 4 aliphatic rings. The van der Waals surface area contributed by atoms with E-state index in [1.165, 1.54) is 18.5 Å². The number of carbonyl (C=O) groups excluding carboxylic acids is 2. The van der Waals surface area contributed by atoms with E-state index in [-0.39, 0.29) is 65.0 Å². The summed E-state index contributed by atoms with van der Waals surface area (Å²) in [5.74, 6) is 1.60. The number of benzene rings is 2. The van der Waals surface area contributed by atoms with Gasteiger partial charge in [-0.25, -0.2) is 32.7 Å². The second-order valence-electron chi connectivity index (χ2n) is 23.4. The highest BCUT2D eigenvalue weighted by Gasteiger charge is 2.42. The summed E-state index contributed by atoms with van der Waals surface area (Å²) in [6.45, 7) is 25.9. The molecular weight excluding hydrogens is 1030 g/mol. The van der Waals surface area contributed by atoms with Gasteiger partial charge >= 0.3 is 0 Å². The third-order valence-electron chi connectivity index (χ3n) is 16.1. The van der Waals surface area contributed by atoms with Gasteiger partial charge in [0.1, 0.15) is 41.0 Å². The number of pyridine rings is 1. The van der Waals surface area contributed by atoms with Crippen LogP contribution < -0.4 is 25.2 Å². The maximum atomic E-state index is 14.4. The van der Waals surface area contributed by atoms with Gasteiger partial charge in [-0.2, -0.15) is 5.10 Å². The molecule has 8 heterocycles. The van der Waals surface area contributed by atoms with Crippen LogP contribution in [0.3, 0.4) is 0 Å². The molecule has 420 valence electrons. The number of fused-ring (bicyclic) bond motifs is 2. The Hall–Kier alpha value is -6.72. The van der Waals surface area contributed by atoms with Gasteiger partial charge in [0.05, 0.1) is 39.4 Å². The lowest BCUT2D eigenvalue weighted by Crippen LogP contribution is -2.63. The molecule has 3 atom stereocenters. The molecule has 6 aromatic rings. The van der Waals surface area contributed by atoms with Crippen molar-refractivity contribution in [2.24, 2.45) is 0 Å². The predicted octanol–water partition coefficient (Wildman–Crippen LogP) is 5.53. The van der Waals surface area contributed by atoms with Gasteiger partial charge in [0.2, 0.25) is 11.9 Å². The van der Waals surface area contributed by atoms with Gasteiger partial charge in [0.25, 0.3) is 5.91 Å². The van der Waals surface area contributed by atoms with E-state index in [4.69, 9.17) is 9.72 Å². The van der Waals surface area contributed by atoms with Crippen LogP contribution in [-0.4, -0.2) is 190 Å². The third-order valence-corrected chi connectivity index (χ3v) is 18.6. The Morgan fingerprint density at radius 3 is 2.33 bits per heavy atom. The van der Waals surface area contributed by atoms with E-state index in [1.54, 1.807) is 57.4 Å². The Labute approximate surface area is 462 Å². The zero-order valence-electron chi connectivity index (χ0n) is 46.9. The lowest BCUT2D eigenvalue weighted by Gasteiger charge is -2.45. The fraction of sp³-hybridized carbons (Fsp3) is 0.509. The van der Waals surface area contributed by atoms with E-state index in [9.17, 15) is 22.4 Å². The van der Waals surface area contributed by atoms with Gasteiger partial charge in [0.15, 0.2) is 9.84 Å². The highest BCUT2D eigenvalue weighted by atomic mass is 32.2. The molecule has 79 heavy (non-hydrogen) atoms. The lowest BCUT2D eigenvalue weighted by molar-refractivity contribution is -0.121. The van der Waals surface area contributed by atoms with Crippen LogP contribution in [0.5, 0.6) is 5.75 Å². The Morgan fingerprint density at radius 2 is 1.63 bits per heavy atom. The summed E-state index contributed by atoms with van der Waals surface area (Å²) >= 11 is 0. The van der Waals surface area contributed by atoms with Crippen LogP contribution in [-0.2, 0) is 26.5 Å². The molecule has 20 nitrogen and oxygen atoms in total. The van der Waals surface area contributed by atoms with Crippen LogP contribution in [0.25, 0.3) is 10.9 Å². The summed E-state index contributed by atoms with van der Waals surface area (Å²) in [6.07, 6.45) is 7.16. The van der Waals surface area contributed by atoms with Crippen LogP contribution in [0.4, 0.5) is 27.7 Å². The molecule has 3 fully saturated rings. The molecule has 0 unspecified atom stereocenters. The molecule has 4 aliphatic heterocycles. The molecule has 0 radical (unpaired) electrons. The van der Waals surface area contributed by atoms with Crippen molar-refractivity contribution < 1.29 is 27.1 Å². The molecule has 3 saturated heterocycles. The summed E-state index contributed by atoms with van der Waals surface area (Å²) in [6, 6.07) is 12.3. The first-order valence-electron chi connectivity index (χ1n) is 27.4. The second-order valence-corrected chi connectivity index (χ2v) is 26.1. The van der Waals surface area contributed by atoms with Crippen molar-refractivity contribution in [3.8, 4) is 5.75 Å². The van der Waals surface area contributed by atoms with E-state index in [0.717, 1.165) is 53.4 Å². The van der Waals surface area contributed by atoms with E-state index in [1.807, 2.05) is 29.8 Å². The summed E-state index contributed by atoms with van der Waals surface area (Å²) in [5.41, 5.74) is 6.17. The van der Waals surface area contributed by atoms with E-state index in [0.29, 0.717) is 99.4 Å². The molecule has 2 amide bonds. The zero-order chi connectivity index (χ0) is 56.0. The van der Waals surface area contributed by atoms with Gasteiger partial charge in [0, 0.05) is 138 Å². The topological polar surface area (TPSA) is 214 Å². The maximum Gasteiger partial charge on any atom is 0.257 e. The molecule has 22 heteroatoms. The maximum absolute atomic E-state index is 14.4. The number of aromatic nitrogens is 7. The SMILES string of the molecule is Cc1n[nH]c(Nc2ncnc3cc(OCCN4CCN(c5ncc(C(=O)N6CCN(C[C@H]7CN[C@H](C)CN7CC(=O)N7CC(C)(C)c8ncc(Cc9ccc(F)cc9)cc87)[C@H](C)C6)cn5)CC4)c(S(=O)(=O)C(C)(C)C)cc23)c1C. The number of hydrogen-bond donors (Lipinski definition) is 3. The number of carbonyl (C=O) groups is 2. The Morgan fingerprint density at radius 1 is 0.886 bits per heavy atom. The number of amides is 2. The number of aryl methyl sites for hydroxylation is 1. The zero-order valence-corrected chi connectivity index (χ0v) is 47.7. The summed E-state index contributed by atoms with van der Waals surface area (Å²) < 4.78 is 46.9. The number of piperazine rings is 3. The van der Waals surface area contributed by atoms with Crippen LogP contribution in [0.15, 0.2) is 72.3 Å². The van der Waals surface area contributed by atoms with Gasteiger partial charge in [-0.3, -0.25) is 34.4 Å². The monoisotopic (exact) mass is 1100 g/mol. The molecule has 4 aromatic heterocycles. The summed E-state index contributed by atoms with van der Waals surface area (Å²) in [7, 11) is -3.84. The third kappa shape index (κ3) is 11.9. The highest BCUT2D eigenvalue weighted by Crippen LogP contribution is 2.41. The smallest absolute Gasteiger partial charge is 0.257 e. The average molecular weight is 1100 g/mol. The first kappa shape index (κ1) is 55.6. The van der Waals surface area contributed by atoms with Gasteiger partial charge in [-0.1, -0.05) is 26.0 Å². The van der Waals surface area contributed by atoms with E-state index in [2.05, 4.69) is 94.1 Å². The number of hydrogen-bond acceptors (Lipinski definition) is 17. The van der Waals surface area contributed by atoms with E-state index < -0.39 is 14.6 Å². The van der Waals surface area contributed by atoms with Gasteiger partial charge < -0.3 is 30.1 Å². The molecule has 0 spiro atoms. The van der Waals surface area contributed by atoms with Crippen molar-refractivity contribution in [3.63, 3.8) is 0 Å². The minimum absolute atomic E-state index is 0.0507. The predicted molar refractivity (Wildman–Crippen MR) is 303 cm³/mol. The molecule has 0 aliphatic carbocycles.